The highest BCUT2D eigenvalue weighted by molar-refractivity contribution is 14.1. The quantitative estimate of drug-likeness (QED) is 0.171. The van der Waals surface area contributed by atoms with Crippen LogP contribution in [0, 0.1) is 3.57 Å². The first-order chi connectivity index (χ1) is 15.7. The lowest BCUT2D eigenvalue weighted by Crippen LogP contribution is -2.05. The Morgan fingerprint density at radius 3 is 2.56 bits per heavy atom. The highest BCUT2D eigenvalue weighted by atomic mass is 127. The number of benzene rings is 4. The lowest BCUT2D eigenvalue weighted by atomic mass is 10.1. The summed E-state index contributed by atoms with van der Waals surface area (Å²) in [6.07, 6.45) is 1.71. The molecule has 0 fully saturated rings. The molecule has 4 aromatic carbocycles. The fraction of sp³-hybridized carbons (Fsp3) is 0.0370. The van der Waals surface area contributed by atoms with Crippen LogP contribution < -0.4 is 4.74 Å². The molecule has 0 saturated carbocycles. The molecule has 0 bridgehead atoms. The first-order valence-corrected chi connectivity index (χ1v) is 11.2. The van der Waals surface area contributed by atoms with Gasteiger partial charge in [0.15, 0.2) is 5.70 Å². The summed E-state index contributed by atoms with van der Waals surface area (Å²) in [5.74, 6) is 0.519. The topological polar surface area (TPSA) is 47.9 Å². The summed E-state index contributed by atoms with van der Waals surface area (Å²) in [6, 6.07) is 29.7. The van der Waals surface area contributed by atoms with Gasteiger partial charge < -0.3 is 9.47 Å². The smallest absolute Gasteiger partial charge is 0.363 e. The van der Waals surface area contributed by atoms with E-state index in [0.717, 1.165) is 31.0 Å². The molecule has 5 heteroatoms. The number of ether oxygens (including phenoxy) is 2. The third-order valence-electron chi connectivity index (χ3n) is 5.11. The Kier molecular flexibility index (Phi) is 5.73. The second-order valence-electron chi connectivity index (χ2n) is 7.35. The number of cyclic esters (lactones) is 1. The number of carbonyl (C=O) groups is 1. The van der Waals surface area contributed by atoms with Crippen molar-refractivity contribution < 1.29 is 14.3 Å². The van der Waals surface area contributed by atoms with Crippen LogP contribution >= 0.6 is 22.6 Å². The number of hydrogen-bond donors (Lipinski definition) is 0. The van der Waals surface area contributed by atoms with Crippen LogP contribution in [0.4, 0.5) is 0 Å². The Bertz CT molecular complexity index is 1390. The first kappa shape index (κ1) is 20.5. The van der Waals surface area contributed by atoms with Crippen molar-refractivity contribution in [1.29, 1.82) is 0 Å². The Hall–Kier alpha value is -3.45. The standard InChI is InChI=1S/C27H18INO3/c28-23-10-5-6-18(14-23)17-31-25-11-4-3-9-21(25)16-24-27(30)32-26(29-24)22-13-12-19-7-1-2-8-20(19)15-22/h1-16H,17H2/b24-16-. The van der Waals surface area contributed by atoms with Gasteiger partial charge in [-0.2, -0.15) is 0 Å². The molecule has 0 aromatic heterocycles. The Morgan fingerprint density at radius 1 is 0.875 bits per heavy atom. The number of esters is 1. The van der Waals surface area contributed by atoms with Gasteiger partial charge in [-0.1, -0.05) is 60.7 Å². The van der Waals surface area contributed by atoms with Crippen LogP contribution in [0.15, 0.2) is 102 Å². The number of rotatable bonds is 5. The van der Waals surface area contributed by atoms with Crippen molar-refractivity contribution in [1.82, 2.24) is 0 Å². The summed E-state index contributed by atoms with van der Waals surface area (Å²) in [6.45, 7) is 0.438. The second-order valence-corrected chi connectivity index (χ2v) is 8.60. The average molecular weight is 531 g/mol. The number of hydrogen-bond acceptors (Lipinski definition) is 4. The third kappa shape index (κ3) is 4.43. The third-order valence-corrected chi connectivity index (χ3v) is 5.78. The largest absolute Gasteiger partial charge is 0.488 e. The van der Waals surface area contributed by atoms with E-state index in [1.54, 1.807) is 6.08 Å². The number of fused-ring (bicyclic) bond motifs is 1. The number of carbonyl (C=O) groups excluding carboxylic acids is 1. The Balaban J connectivity index is 1.41. The summed E-state index contributed by atoms with van der Waals surface area (Å²) in [7, 11) is 0. The minimum absolute atomic E-state index is 0.249. The van der Waals surface area contributed by atoms with E-state index in [9.17, 15) is 4.79 Å². The number of halogens is 1. The monoisotopic (exact) mass is 531 g/mol. The first-order valence-electron chi connectivity index (χ1n) is 10.1. The molecule has 0 saturated heterocycles. The van der Waals surface area contributed by atoms with Crippen LogP contribution in [-0.2, 0) is 16.1 Å². The summed E-state index contributed by atoms with van der Waals surface area (Å²) in [5.41, 5.74) is 2.87. The van der Waals surface area contributed by atoms with E-state index in [2.05, 4.69) is 33.6 Å². The van der Waals surface area contributed by atoms with Gasteiger partial charge in [-0.05, 0) is 75.3 Å². The zero-order valence-electron chi connectivity index (χ0n) is 17.0. The van der Waals surface area contributed by atoms with Crippen LogP contribution in [0.3, 0.4) is 0 Å². The molecular formula is C27H18INO3. The van der Waals surface area contributed by atoms with E-state index in [1.165, 1.54) is 0 Å². The lowest BCUT2D eigenvalue weighted by Gasteiger charge is -2.09. The van der Waals surface area contributed by atoms with Gasteiger partial charge in [-0.3, -0.25) is 0 Å². The molecule has 0 N–H and O–H groups in total. The number of aliphatic imine (C=N–C) groups is 1. The molecule has 1 heterocycles. The van der Waals surface area contributed by atoms with Gasteiger partial charge in [0.1, 0.15) is 12.4 Å². The molecule has 0 atom stereocenters. The summed E-state index contributed by atoms with van der Waals surface area (Å²) >= 11 is 2.28. The normalized spacial score (nSPS) is 14.5. The average Bonchev–Trinajstić information content (AvgIpc) is 3.18. The van der Waals surface area contributed by atoms with Crippen molar-refractivity contribution in [3.63, 3.8) is 0 Å². The van der Waals surface area contributed by atoms with E-state index in [1.807, 2.05) is 84.9 Å². The predicted octanol–water partition coefficient (Wildman–Crippen LogP) is 6.37. The number of para-hydroxylation sites is 1. The molecule has 1 aliphatic heterocycles. The van der Waals surface area contributed by atoms with Crippen molar-refractivity contribution in [3.8, 4) is 5.75 Å². The highest BCUT2D eigenvalue weighted by Gasteiger charge is 2.24. The predicted molar refractivity (Wildman–Crippen MR) is 134 cm³/mol. The maximum Gasteiger partial charge on any atom is 0.363 e. The zero-order chi connectivity index (χ0) is 21.9. The van der Waals surface area contributed by atoms with Crippen molar-refractivity contribution in [2.75, 3.05) is 0 Å². The molecule has 1 aliphatic rings. The van der Waals surface area contributed by atoms with E-state index < -0.39 is 5.97 Å². The molecule has 4 nitrogen and oxygen atoms in total. The minimum atomic E-state index is -0.472. The summed E-state index contributed by atoms with van der Waals surface area (Å²) in [5, 5.41) is 2.19. The van der Waals surface area contributed by atoms with Crippen LogP contribution in [0.1, 0.15) is 16.7 Å². The van der Waals surface area contributed by atoms with Crippen LogP contribution in [0.5, 0.6) is 5.75 Å². The molecule has 0 spiro atoms. The Morgan fingerprint density at radius 2 is 1.69 bits per heavy atom. The van der Waals surface area contributed by atoms with Gasteiger partial charge in [-0.25, -0.2) is 9.79 Å². The second kappa shape index (κ2) is 8.96. The summed E-state index contributed by atoms with van der Waals surface area (Å²) < 4.78 is 12.7. The molecule has 0 amide bonds. The van der Waals surface area contributed by atoms with Crippen LogP contribution in [-0.4, -0.2) is 11.9 Å². The van der Waals surface area contributed by atoms with Crippen LogP contribution in [0.2, 0.25) is 0 Å². The molecule has 32 heavy (non-hydrogen) atoms. The minimum Gasteiger partial charge on any atom is -0.488 e. The van der Waals surface area contributed by atoms with Gasteiger partial charge in [0.2, 0.25) is 5.90 Å². The van der Waals surface area contributed by atoms with E-state index in [4.69, 9.17) is 9.47 Å². The van der Waals surface area contributed by atoms with Gasteiger partial charge >= 0.3 is 5.97 Å². The Labute approximate surface area is 199 Å². The SMILES string of the molecule is O=C1OC(c2ccc3ccccc3c2)=N/C1=C\c1ccccc1OCc1cccc(I)c1. The number of nitrogens with zero attached hydrogens (tertiary/aromatic N) is 1. The van der Waals surface area contributed by atoms with E-state index in [0.29, 0.717) is 18.3 Å². The molecule has 0 radical (unpaired) electrons. The van der Waals surface area contributed by atoms with E-state index in [-0.39, 0.29) is 5.70 Å². The summed E-state index contributed by atoms with van der Waals surface area (Å²) in [4.78, 5) is 17.0. The zero-order valence-corrected chi connectivity index (χ0v) is 19.2. The highest BCUT2D eigenvalue weighted by Crippen LogP contribution is 2.26. The molecule has 0 aliphatic carbocycles. The lowest BCUT2D eigenvalue weighted by molar-refractivity contribution is -0.129. The van der Waals surface area contributed by atoms with Gasteiger partial charge in [0.25, 0.3) is 0 Å². The van der Waals surface area contributed by atoms with Gasteiger partial charge in [0, 0.05) is 14.7 Å². The molecule has 156 valence electrons. The molecule has 5 rings (SSSR count). The van der Waals surface area contributed by atoms with Crippen molar-refractivity contribution in [2.24, 2.45) is 4.99 Å². The van der Waals surface area contributed by atoms with Gasteiger partial charge in [0.05, 0.1) is 0 Å². The van der Waals surface area contributed by atoms with Crippen molar-refractivity contribution >= 4 is 51.3 Å². The molecule has 0 unspecified atom stereocenters. The fourth-order valence-corrected chi connectivity index (χ4v) is 4.13. The van der Waals surface area contributed by atoms with Crippen LogP contribution in [0.25, 0.3) is 16.8 Å². The van der Waals surface area contributed by atoms with Crippen molar-refractivity contribution in [2.45, 2.75) is 6.61 Å². The van der Waals surface area contributed by atoms with Gasteiger partial charge in [-0.15, -0.1) is 0 Å². The molecular weight excluding hydrogens is 513 g/mol. The molecule has 4 aromatic rings. The van der Waals surface area contributed by atoms with Crippen molar-refractivity contribution in [3.05, 3.63) is 117 Å². The maximum absolute atomic E-state index is 12.5. The van der Waals surface area contributed by atoms with E-state index >= 15 is 0 Å². The fourth-order valence-electron chi connectivity index (χ4n) is 3.52. The maximum atomic E-state index is 12.5.